The van der Waals surface area contributed by atoms with E-state index in [1.807, 2.05) is 41.0 Å². The second-order valence-electron chi connectivity index (χ2n) is 5.89. The van der Waals surface area contributed by atoms with Crippen LogP contribution in [0.25, 0.3) is 11.2 Å². The molecule has 0 atom stereocenters. The molecule has 0 saturated carbocycles. The molecule has 0 bridgehead atoms. The lowest BCUT2D eigenvalue weighted by atomic mass is 10.2. The van der Waals surface area contributed by atoms with Crippen molar-refractivity contribution in [2.24, 2.45) is 0 Å². The van der Waals surface area contributed by atoms with Crippen molar-refractivity contribution < 1.29 is 9.53 Å². The number of aromatic nitrogens is 3. The molecule has 0 saturated heterocycles. The van der Waals surface area contributed by atoms with Gasteiger partial charge in [0, 0.05) is 44.3 Å². The second-order valence-corrected chi connectivity index (χ2v) is 6.29. The number of nitrogens with zero attached hydrogens (tertiary/aromatic N) is 3. The molecule has 0 unspecified atom stereocenters. The van der Waals surface area contributed by atoms with Gasteiger partial charge in [0.15, 0.2) is 5.65 Å². The Bertz CT molecular complexity index is 894. The first-order chi connectivity index (χ1) is 12.7. The smallest absolute Gasteiger partial charge is 0.220 e. The number of hydrogen-bond acceptors (Lipinski definition) is 4. The Hall–Kier alpha value is -2.44. The van der Waals surface area contributed by atoms with Crippen LogP contribution in [0, 0.1) is 0 Å². The predicted molar refractivity (Wildman–Crippen MR) is 101 cm³/mol. The highest BCUT2D eigenvalue weighted by Gasteiger charge is 2.13. The minimum atomic E-state index is -0.0387. The van der Waals surface area contributed by atoms with Crippen molar-refractivity contribution in [3.8, 4) is 0 Å². The maximum Gasteiger partial charge on any atom is 0.220 e. The number of nitrogens with one attached hydrogen (secondary N) is 1. The molecule has 3 rings (SSSR count). The molecule has 0 spiro atoms. The molecule has 1 N–H and O–H groups in total. The van der Waals surface area contributed by atoms with Gasteiger partial charge in [0.1, 0.15) is 11.3 Å². The zero-order valence-corrected chi connectivity index (χ0v) is 15.4. The summed E-state index contributed by atoms with van der Waals surface area (Å²) in [6.07, 6.45) is 2.63. The van der Waals surface area contributed by atoms with E-state index < -0.39 is 0 Å². The zero-order chi connectivity index (χ0) is 18.4. The summed E-state index contributed by atoms with van der Waals surface area (Å²) in [5.41, 5.74) is 2.55. The van der Waals surface area contributed by atoms with Crippen molar-refractivity contribution in [2.45, 2.75) is 25.9 Å². The van der Waals surface area contributed by atoms with Gasteiger partial charge < -0.3 is 14.6 Å². The number of ether oxygens (including phenoxy) is 1. The Labute approximate surface area is 157 Å². The molecule has 0 fully saturated rings. The Morgan fingerprint density at radius 3 is 2.92 bits per heavy atom. The van der Waals surface area contributed by atoms with Crippen molar-refractivity contribution in [3.63, 3.8) is 0 Å². The highest BCUT2D eigenvalue weighted by Crippen LogP contribution is 2.16. The minimum absolute atomic E-state index is 0.0387. The lowest BCUT2D eigenvalue weighted by molar-refractivity contribution is -0.121. The van der Waals surface area contributed by atoms with Gasteiger partial charge >= 0.3 is 0 Å². The van der Waals surface area contributed by atoms with E-state index in [1.165, 1.54) is 0 Å². The number of carbonyl (C=O) groups excluding carboxylic acids is 1. The molecule has 7 heteroatoms. The minimum Gasteiger partial charge on any atom is -0.383 e. The quantitative estimate of drug-likeness (QED) is 0.660. The first-order valence-corrected chi connectivity index (χ1v) is 8.86. The maximum atomic E-state index is 12.2. The summed E-state index contributed by atoms with van der Waals surface area (Å²) in [6.45, 7) is 1.63. The average Bonchev–Trinajstić information content (AvgIpc) is 3.01. The van der Waals surface area contributed by atoms with Crippen LogP contribution in [0.4, 0.5) is 0 Å². The number of hydrogen-bond donors (Lipinski definition) is 1. The number of methoxy groups -OCH3 is 1. The fraction of sp³-hybridized carbons (Fsp3) is 0.316. The lowest BCUT2D eigenvalue weighted by Gasteiger charge is -2.09. The Balaban J connectivity index is 1.63. The normalized spacial score (nSPS) is 11.0. The number of fused-ring (bicyclic) bond motifs is 1. The van der Waals surface area contributed by atoms with E-state index in [1.54, 1.807) is 13.3 Å². The number of carbonyl (C=O) groups is 1. The van der Waals surface area contributed by atoms with Crippen LogP contribution >= 0.6 is 11.6 Å². The van der Waals surface area contributed by atoms with Crippen LogP contribution in [0.1, 0.15) is 17.8 Å². The van der Waals surface area contributed by atoms with E-state index in [4.69, 9.17) is 16.3 Å². The van der Waals surface area contributed by atoms with Crippen molar-refractivity contribution in [3.05, 3.63) is 59.0 Å². The topological polar surface area (TPSA) is 69.0 Å². The summed E-state index contributed by atoms with van der Waals surface area (Å²) in [6, 6.07) is 11.3. The first-order valence-electron chi connectivity index (χ1n) is 8.48. The summed E-state index contributed by atoms with van der Waals surface area (Å²) in [5, 5.41) is 3.56. The van der Waals surface area contributed by atoms with Gasteiger partial charge in [-0.3, -0.25) is 4.79 Å². The van der Waals surface area contributed by atoms with Crippen molar-refractivity contribution in [2.75, 3.05) is 13.7 Å². The SMILES string of the molecule is COCCn1c(CCC(=O)NCc2ccccc2Cl)nc2cccnc21. The number of pyridine rings is 1. The molecule has 1 aromatic carbocycles. The molecule has 0 radical (unpaired) electrons. The third kappa shape index (κ3) is 4.39. The molecule has 2 aromatic heterocycles. The van der Waals surface area contributed by atoms with Gasteiger partial charge in [-0.1, -0.05) is 29.8 Å². The number of halogens is 1. The average molecular weight is 373 g/mol. The lowest BCUT2D eigenvalue weighted by Crippen LogP contribution is -2.23. The summed E-state index contributed by atoms with van der Waals surface area (Å²) in [5.74, 6) is 0.798. The molecular weight excluding hydrogens is 352 g/mol. The van der Waals surface area contributed by atoms with Gasteiger partial charge in [-0.2, -0.15) is 0 Å². The highest BCUT2D eigenvalue weighted by atomic mass is 35.5. The second kappa shape index (κ2) is 8.78. The molecule has 0 aliphatic rings. The summed E-state index contributed by atoms with van der Waals surface area (Å²) in [4.78, 5) is 21.2. The fourth-order valence-corrected chi connectivity index (χ4v) is 2.97. The largest absolute Gasteiger partial charge is 0.383 e. The summed E-state index contributed by atoms with van der Waals surface area (Å²) in [7, 11) is 1.66. The fourth-order valence-electron chi connectivity index (χ4n) is 2.76. The van der Waals surface area contributed by atoms with Crippen LogP contribution in [0.15, 0.2) is 42.6 Å². The Morgan fingerprint density at radius 2 is 2.12 bits per heavy atom. The van der Waals surface area contributed by atoms with E-state index in [2.05, 4.69) is 15.3 Å². The van der Waals surface area contributed by atoms with Crippen LogP contribution in [0.3, 0.4) is 0 Å². The molecule has 0 aliphatic carbocycles. The monoisotopic (exact) mass is 372 g/mol. The zero-order valence-electron chi connectivity index (χ0n) is 14.6. The summed E-state index contributed by atoms with van der Waals surface area (Å²) < 4.78 is 7.19. The maximum absolute atomic E-state index is 12.2. The van der Waals surface area contributed by atoms with Gasteiger partial charge in [-0.15, -0.1) is 0 Å². The Morgan fingerprint density at radius 1 is 1.27 bits per heavy atom. The van der Waals surface area contributed by atoms with Gasteiger partial charge in [0.25, 0.3) is 0 Å². The van der Waals surface area contributed by atoms with Crippen molar-refractivity contribution >= 4 is 28.7 Å². The van der Waals surface area contributed by atoms with Gasteiger partial charge in [-0.05, 0) is 23.8 Å². The molecule has 26 heavy (non-hydrogen) atoms. The van der Waals surface area contributed by atoms with Crippen molar-refractivity contribution in [1.82, 2.24) is 19.9 Å². The van der Waals surface area contributed by atoms with E-state index in [0.717, 1.165) is 22.6 Å². The van der Waals surface area contributed by atoms with Crippen LogP contribution < -0.4 is 5.32 Å². The molecular formula is C19H21ClN4O2. The first kappa shape index (κ1) is 18.4. The molecule has 1 amide bonds. The number of imidazole rings is 1. The molecule has 2 heterocycles. The number of benzene rings is 1. The van der Waals surface area contributed by atoms with Crippen LogP contribution in [-0.4, -0.2) is 34.2 Å². The number of amides is 1. The molecule has 0 aliphatic heterocycles. The van der Waals surface area contributed by atoms with Gasteiger partial charge in [0.2, 0.25) is 5.91 Å². The van der Waals surface area contributed by atoms with Crippen molar-refractivity contribution in [1.29, 1.82) is 0 Å². The van der Waals surface area contributed by atoms with Gasteiger partial charge in [0.05, 0.1) is 6.61 Å². The predicted octanol–water partition coefficient (Wildman–Crippen LogP) is 2.98. The summed E-state index contributed by atoms with van der Waals surface area (Å²) >= 11 is 6.11. The van der Waals surface area contributed by atoms with Crippen LogP contribution in [-0.2, 0) is 29.0 Å². The third-order valence-electron chi connectivity index (χ3n) is 4.11. The standard InChI is InChI=1S/C19H21ClN4O2/c1-26-12-11-24-17(23-16-7-4-10-21-19(16)24)8-9-18(25)22-13-14-5-2-3-6-15(14)20/h2-7,10H,8-9,11-13H2,1H3,(H,22,25). The molecule has 3 aromatic rings. The highest BCUT2D eigenvalue weighted by molar-refractivity contribution is 6.31. The van der Waals surface area contributed by atoms with E-state index in [0.29, 0.717) is 37.6 Å². The van der Waals surface area contributed by atoms with Crippen LogP contribution in [0.2, 0.25) is 5.02 Å². The molecule has 6 nitrogen and oxygen atoms in total. The molecule has 136 valence electrons. The Kier molecular flexibility index (Phi) is 6.20. The third-order valence-corrected chi connectivity index (χ3v) is 4.48. The van der Waals surface area contributed by atoms with Gasteiger partial charge in [-0.25, -0.2) is 9.97 Å². The number of rotatable bonds is 8. The van der Waals surface area contributed by atoms with E-state index in [-0.39, 0.29) is 5.91 Å². The number of aryl methyl sites for hydroxylation is 1. The van der Waals surface area contributed by atoms with Crippen LogP contribution in [0.5, 0.6) is 0 Å². The van der Waals surface area contributed by atoms with E-state index >= 15 is 0 Å². The van der Waals surface area contributed by atoms with E-state index in [9.17, 15) is 4.79 Å².